The molecular weight excluding hydrogens is 342 g/mol. The van der Waals surface area contributed by atoms with Crippen molar-refractivity contribution >= 4 is 0 Å². The highest BCUT2D eigenvalue weighted by Gasteiger charge is 2.18. The molecule has 2 aromatic rings. The first-order chi connectivity index (χ1) is 13.0. The van der Waals surface area contributed by atoms with Crippen LogP contribution in [-0.4, -0.2) is 57.0 Å². The van der Waals surface area contributed by atoms with Crippen LogP contribution in [0, 0.1) is 11.3 Å². The lowest BCUT2D eigenvalue weighted by Crippen LogP contribution is -2.37. The SMILES string of the molecule is COc1ccccc1[C@H](CNC[C@H](O)COc1ccc(C#N)cc1)N(C)C. The van der Waals surface area contributed by atoms with Crippen LogP contribution in [0.5, 0.6) is 11.5 Å². The molecule has 0 spiro atoms. The molecule has 0 amide bonds. The van der Waals surface area contributed by atoms with Gasteiger partial charge in [0.1, 0.15) is 24.2 Å². The molecule has 6 heteroatoms. The van der Waals surface area contributed by atoms with Crippen molar-refractivity contribution in [2.24, 2.45) is 0 Å². The molecule has 2 N–H and O–H groups in total. The molecule has 0 radical (unpaired) electrons. The molecule has 0 aromatic heterocycles. The van der Waals surface area contributed by atoms with E-state index in [1.165, 1.54) is 0 Å². The summed E-state index contributed by atoms with van der Waals surface area (Å²) in [5, 5.41) is 22.2. The van der Waals surface area contributed by atoms with Crippen LogP contribution in [-0.2, 0) is 0 Å². The molecule has 0 heterocycles. The first-order valence-corrected chi connectivity index (χ1v) is 8.86. The predicted octanol–water partition coefficient (Wildman–Crippen LogP) is 2.20. The van der Waals surface area contributed by atoms with Crippen molar-refractivity contribution in [1.29, 1.82) is 5.26 Å². The van der Waals surface area contributed by atoms with E-state index in [4.69, 9.17) is 14.7 Å². The fourth-order valence-corrected chi connectivity index (χ4v) is 2.78. The largest absolute Gasteiger partial charge is 0.496 e. The van der Waals surface area contributed by atoms with Crippen molar-refractivity contribution in [3.8, 4) is 17.6 Å². The maximum Gasteiger partial charge on any atom is 0.123 e. The van der Waals surface area contributed by atoms with Gasteiger partial charge in [0, 0.05) is 18.7 Å². The summed E-state index contributed by atoms with van der Waals surface area (Å²) in [6.45, 7) is 1.26. The van der Waals surface area contributed by atoms with Gasteiger partial charge in [0.2, 0.25) is 0 Å². The Balaban J connectivity index is 1.82. The lowest BCUT2D eigenvalue weighted by Gasteiger charge is -2.27. The van der Waals surface area contributed by atoms with E-state index in [-0.39, 0.29) is 12.6 Å². The van der Waals surface area contributed by atoms with Gasteiger partial charge in [-0.25, -0.2) is 0 Å². The number of benzene rings is 2. The Morgan fingerprint density at radius 1 is 1.11 bits per heavy atom. The summed E-state index contributed by atoms with van der Waals surface area (Å²) in [5.74, 6) is 1.48. The third-order valence-electron chi connectivity index (χ3n) is 4.26. The number of nitrogens with one attached hydrogen (secondary N) is 1. The number of rotatable bonds is 10. The van der Waals surface area contributed by atoms with E-state index in [2.05, 4.69) is 22.4 Å². The van der Waals surface area contributed by atoms with Gasteiger partial charge in [0.05, 0.1) is 24.8 Å². The molecule has 0 aliphatic heterocycles. The molecule has 0 aliphatic carbocycles. The monoisotopic (exact) mass is 369 g/mol. The van der Waals surface area contributed by atoms with Crippen LogP contribution in [0.1, 0.15) is 17.2 Å². The summed E-state index contributed by atoms with van der Waals surface area (Å²) in [6.07, 6.45) is -0.638. The Morgan fingerprint density at radius 2 is 1.81 bits per heavy atom. The van der Waals surface area contributed by atoms with Crippen LogP contribution in [0.2, 0.25) is 0 Å². The van der Waals surface area contributed by atoms with E-state index in [9.17, 15) is 5.11 Å². The minimum Gasteiger partial charge on any atom is -0.496 e. The maximum absolute atomic E-state index is 10.2. The van der Waals surface area contributed by atoms with E-state index < -0.39 is 6.10 Å². The Hall–Kier alpha value is -2.59. The highest BCUT2D eigenvalue weighted by Crippen LogP contribution is 2.27. The van der Waals surface area contributed by atoms with Crippen molar-refractivity contribution in [2.45, 2.75) is 12.1 Å². The smallest absolute Gasteiger partial charge is 0.123 e. The molecule has 0 unspecified atom stereocenters. The van der Waals surface area contributed by atoms with Crippen LogP contribution in [0.25, 0.3) is 0 Å². The van der Waals surface area contributed by atoms with Crippen molar-refractivity contribution in [3.63, 3.8) is 0 Å². The van der Waals surface area contributed by atoms with Gasteiger partial charge in [-0.15, -0.1) is 0 Å². The van der Waals surface area contributed by atoms with E-state index in [0.717, 1.165) is 11.3 Å². The van der Waals surface area contributed by atoms with Crippen molar-refractivity contribution in [2.75, 3.05) is 40.9 Å². The molecule has 0 aliphatic rings. The van der Waals surface area contributed by atoms with E-state index in [1.807, 2.05) is 32.3 Å². The Bertz CT molecular complexity index is 741. The van der Waals surface area contributed by atoms with Gasteiger partial charge in [-0.05, 0) is 44.4 Å². The minimum absolute atomic E-state index is 0.118. The lowest BCUT2D eigenvalue weighted by molar-refractivity contribution is 0.104. The van der Waals surface area contributed by atoms with Crippen LogP contribution < -0.4 is 14.8 Å². The molecule has 0 bridgehead atoms. The molecule has 2 atom stereocenters. The topological polar surface area (TPSA) is 77.7 Å². The first-order valence-electron chi connectivity index (χ1n) is 8.86. The number of para-hydroxylation sites is 1. The number of aliphatic hydroxyl groups excluding tert-OH is 1. The van der Waals surface area contributed by atoms with Crippen molar-refractivity contribution in [3.05, 3.63) is 59.7 Å². The van der Waals surface area contributed by atoms with Gasteiger partial charge >= 0.3 is 0 Å². The third-order valence-corrected chi connectivity index (χ3v) is 4.26. The van der Waals surface area contributed by atoms with Gasteiger partial charge < -0.3 is 24.8 Å². The number of hydrogen-bond donors (Lipinski definition) is 2. The fourth-order valence-electron chi connectivity index (χ4n) is 2.78. The Kier molecular flexibility index (Phi) is 8.08. The standard InChI is InChI=1S/C21H27N3O3/c1-24(2)20(19-6-4-5-7-21(19)26-3)14-23-13-17(25)15-27-18-10-8-16(12-22)9-11-18/h4-11,17,20,23,25H,13-15H2,1-3H3/t17-,20-/m0/s1. The molecule has 2 rings (SSSR count). The second-order valence-electron chi connectivity index (χ2n) is 6.48. The summed E-state index contributed by atoms with van der Waals surface area (Å²) >= 11 is 0. The molecule has 0 fully saturated rings. The molecule has 6 nitrogen and oxygen atoms in total. The van der Waals surface area contributed by atoms with Crippen LogP contribution in [0.3, 0.4) is 0 Å². The first kappa shape index (κ1) is 20.7. The highest BCUT2D eigenvalue weighted by molar-refractivity contribution is 5.36. The molecule has 0 saturated carbocycles. The zero-order valence-corrected chi connectivity index (χ0v) is 16.1. The molecule has 2 aromatic carbocycles. The van der Waals surface area contributed by atoms with Crippen LogP contribution >= 0.6 is 0 Å². The number of ether oxygens (including phenoxy) is 2. The minimum atomic E-state index is -0.638. The van der Waals surface area contributed by atoms with E-state index in [1.54, 1.807) is 31.4 Å². The molecule has 144 valence electrons. The molecular formula is C21H27N3O3. The summed E-state index contributed by atoms with van der Waals surface area (Å²) < 4.78 is 11.0. The molecule has 27 heavy (non-hydrogen) atoms. The number of likely N-dealkylation sites (N-methyl/N-ethyl adjacent to an activating group) is 1. The maximum atomic E-state index is 10.2. The normalized spacial score (nSPS) is 13.0. The summed E-state index contributed by atoms with van der Waals surface area (Å²) in [5.41, 5.74) is 1.68. The van der Waals surface area contributed by atoms with Gasteiger partial charge in [-0.1, -0.05) is 18.2 Å². The molecule has 0 saturated heterocycles. The van der Waals surface area contributed by atoms with Crippen molar-refractivity contribution < 1.29 is 14.6 Å². The quantitative estimate of drug-likeness (QED) is 0.669. The number of aliphatic hydroxyl groups is 1. The average molecular weight is 369 g/mol. The van der Waals surface area contributed by atoms with Crippen LogP contribution in [0.15, 0.2) is 48.5 Å². The van der Waals surface area contributed by atoms with Gasteiger partial charge in [0.25, 0.3) is 0 Å². The van der Waals surface area contributed by atoms with Crippen LogP contribution in [0.4, 0.5) is 0 Å². The predicted molar refractivity (Wildman–Crippen MR) is 105 cm³/mol. The number of hydrogen-bond acceptors (Lipinski definition) is 6. The van der Waals surface area contributed by atoms with Gasteiger partial charge in [0.15, 0.2) is 0 Å². The summed E-state index contributed by atoms with van der Waals surface area (Å²) in [7, 11) is 5.70. The Labute approximate surface area is 160 Å². The second kappa shape index (κ2) is 10.5. The lowest BCUT2D eigenvalue weighted by atomic mass is 10.0. The number of methoxy groups -OCH3 is 1. The zero-order valence-electron chi connectivity index (χ0n) is 16.1. The second-order valence-corrected chi connectivity index (χ2v) is 6.48. The Morgan fingerprint density at radius 3 is 2.44 bits per heavy atom. The number of nitrogens with zero attached hydrogens (tertiary/aromatic N) is 2. The summed E-state index contributed by atoms with van der Waals surface area (Å²) in [4.78, 5) is 2.12. The summed E-state index contributed by atoms with van der Waals surface area (Å²) in [6, 6.07) is 17.0. The average Bonchev–Trinajstić information content (AvgIpc) is 2.69. The highest BCUT2D eigenvalue weighted by atomic mass is 16.5. The van der Waals surface area contributed by atoms with E-state index >= 15 is 0 Å². The van der Waals surface area contributed by atoms with Gasteiger partial charge in [-0.2, -0.15) is 5.26 Å². The fraction of sp³-hybridized carbons (Fsp3) is 0.381. The number of nitriles is 1. The van der Waals surface area contributed by atoms with Gasteiger partial charge in [-0.3, -0.25) is 0 Å². The third kappa shape index (κ3) is 6.26. The zero-order chi connectivity index (χ0) is 19.6. The van der Waals surface area contributed by atoms with Crippen molar-refractivity contribution in [1.82, 2.24) is 10.2 Å². The van der Waals surface area contributed by atoms with E-state index in [0.29, 0.717) is 24.4 Å².